The number of hydrogen-bond donors (Lipinski definition) is 1. The van der Waals surface area contributed by atoms with Crippen LogP contribution in [0, 0.1) is 20.8 Å². The molecule has 1 atom stereocenters. The first kappa shape index (κ1) is 20.2. The number of carbonyl (C=O) groups is 1. The van der Waals surface area contributed by atoms with Crippen molar-refractivity contribution in [3.8, 4) is 5.75 Å². The third-order valence-corrected chi connectivity index (χ3v) is 5.60. The van der Waals surface area contributed by atoms with Crippen molar-refractivity contribution < 1.29 is 9.53 Å². The molecule has 5 heteroatoms. The highest BCUT2D eigenvalue weighted by molar-refractivity contribution is 5.96. The zero-order valence-corrected chi connectivity index (χ0v) is 17.6. The first-order chi connectivity index (χ1) is 13.4. The Balaban J connectivity index is 1.58. The highest BCUT2D eigenvalue weighted by atomic mass is 16.5. The highest BCUT2D eigenvalue weighted by Gasteiger charge is 2.26. The summed E-state index contributed by atoms with van der Waals surface area (Å²) in [4.78, 5) is 17.5. The van der Waals surface area contributed by atoms with Crippen LogP contribution in [0.2, 0.25) is 0 Å². The third kappa shape index (κ3) is 4.47. The molecule has 28 heavy (non-hydrogen) atoms. The third-order valence-electron chi connectivity index (χ3n) is 5.60. The fraction of sp³-hybridized carbons (Fsp3) is 0.435. The molecular formula is C23H31N3O2. The van der Waals surface area contributed by atoms with Crippen molar-refractivity contribution in [1.82, 2.24) is 4.90 Å². The number of nitrogens with zero attached hydrogens (tertiary/aromatic N) is 2. The summed E-state index contributed by atoms with van der Waals surface area (Å²) >= 11 is 0. The number of ether oxygens (including phenoxy) is 1. The van der Waals surface area contributed by atoms with Crippen LogP contribution in [0.1, 0.15) is 23.6 Å². The van der Waals surface area contributed by atoms with E-state index in [1.54, 1.807) is 7.11 Å². The van der Waals surface area contributed by atoms with E-state index in [4.69, 9.17) is 4.74 Å². The predicted molar refractivity (Wildman–Crippen MR) is 116 cm³/mol. The van der Waals surface area contributed by atoms with E-state index in [2.05, 4.69) is 46.3 Å². The minimum absolute atomic E-state index is 0.0629. The molecule has 1 saturated heterocycles. The SMILES string of the molecule is COc1ccc(N2CCN([C@H](C)C(=O)Nc3c(C)cc(C)cc3C)CC2)cc1. The van der Waals surface area contributed by atoms with Crippen molar-refractivity contribution >= 4 is 17.3 Å². The maximum absolute atomic E-state index is 12.8. The Hall–Kier alpha value is -2.53. The lowest BCUT2D eigenvalue weighted by atomic mass is 10.0. The number of hydrogen-bond acceptors (Lipinski definition) is 4. The summed E-state index contributed by atoms with van der Waals surface area (Å²) < 4.78 is 5.23. The summed E-state index contributed by atoms with van der Waals surface area (Å²) in [7, 11) is 1.68. The molecule has 1 N–H and O–H groups in total. The van der Waals surface area contributed by atoms with Crippen LogP contribution in [0.5, 0.6) is 5.75 Å². The van der Waals surface area contributed by atoms with Gasteiger partial charge in [-0.25, -0.2) is 0 Å². The highest BCUT2D eigenvalue weighted by Crippen LogP contribution is 2.24. The second-order valence-corrected chi connectivity index (χ2v) is 7.66. The molecule has 1 amide bonds. The van der Waals surface area contributed by atoms with Crippen LogP contribution in [0.4, 0.5) is 11.4 Å². The quantitative estimate of drug-likeness (QED) is 0.856. The molecule has 0 saturated carbocycles. The van der Waals surface area contributed by atoms with Gasteiger partial charge in [-0.15, -0.1) is 0 Å². The minimum atomic E-state index is -0.155. The number of nitrogens with one attached hydrogen (secondary N) is 1. The van der Waals surface area contributed by atoms with Gasteiger partial charge in [0, 0.05) is 37.6 Å². The van der Waals surface area contributed by atoms with Crippen molar-refractivity contribution in [3.63, 3.8) is 0 Å². The Morgan fingerprint density at radius 1 is 1.00 bits per heavy atom. The molecule has 2 aromatic carbocycles. The molecule has 1 heterocycles. The van der Waals surface area contributed by atoms with Gasteiger partial charge in [-0.05, 0) is 63.1 Å². The van der Waals surface area contributed by atoms with Crippen molar-refractivity contribution in [2.45, 2.75) is 33.7 Å². The number of aryl methyl sites for hydroxylation is 3. The van der Waals surface area contributed by atoms with Gasteiger partial charge >= 0.3 is 0 Å². The van der Waals surface area contributed by atoms with Gasteiger partial charge in [-0.2, -0.15) is 0 Å². The molecule has 1 aliphatic rings. The lowest BCUT2D eigenvalue weighted by Gasteiger charge is -2.38. The van der Waals surface area contributed by atoms with Gasteiger partial charge in [0.25, 0.3) is 0 Å². The van der Waals surface area contributed by atoms with E-state index < -0.39 is 0 Å². The molecule has 2 aromatic rings. The van der Waals surface area contributed by atoms with E-state index in [1.165, 1.54) is 11.3 Å². The Morgan fingerprint density at radius 2 is 1.57 bits per heavy atom. The van der Waals surface area contributed by atoms with Gasteiger partial charge in [-0.1, -0.05) is 17.7 Å². The Bertz CT molecular complexity index is 801. The molecule has 0 radical (unpaired) electrons. The standard InChI is InChI=1S/C23H31N3O2/c1-16-14-17(2)22(18(3)15-16)24-23(27)19(4)25-10-12-26(13-11-25)20-6-8-21(28-5)9-7-20/h6-9,14-15,19H,10-13H2,1-5H3,(H,24,27)/t19-/m1/s1. The number of carbonyl (C=O) groups excluding carboxylic acids is 1. The normalized spacial score (nSPS) is 16.0. The summed E-state index contributed by atoms with van der Waals surface area (Å²) in [5.74, 6) is 0.933. The molecular weight excluding hydrogens is 350 g/mol. The van der Waals surface area contributed by atoms with Gasteiger partial charge in [0.2, 0.25) is 5.91 Å². The molecule has 5 nitrogen and oxygen atoms in total. The number of anilines is 2. The van der Waals surface area contributed by atoms with E-state index in [9.17, 15) is 4.79 Å². The number of amides is 1. The van der Waals surface area contributed by atoms with Gasteiger partial charge < -0.3 is 15.0 Å². The molecule has 0 aliphatic carbocycles. The van der Waals surface area contributed by atoms with Gasteiger partial charge in [-0.3, -0.25) is 9.69 Å². The van der Waals surface area contributed by atoms with Crippen LogP contribution < -0.4 is 15.0 Å². The zero-order chi connectivity index (χ0) is 20.3. The van der Waals surface area contributed by atoms with Gasteiger partial charge in [0.1, 0.15) is 5.75 Å². The zero-order valence-electron chi connectivity index (χ0n) is 17.6. The number of methoxy groups -OCH3 is 1. The fourth-order valence-corrected chi connectivity index (χ4v) is 3.93. The largest absolute Gasteiger partial charge is 0.497 e. The van der Waals surface area contributed by atoms with Crippen LogP contribution in [0.25, 0.3) is 0 Å². The molecule has 0 spiro atoms. The predicted octanol–water partition coefficient (Wildman–Crippen LogP) is 3.77. The summed E-state index contributed by atoms with van der Waals surface area (Å²) in [6, 6.07) is 12.2. The topological polar surface area (TPSA) is 44.8 Å². The average Bonchev–Trinajstić information content (AvgIpc) is 2.70. The maximum atomic E-state index is 12.8. The van der Waals surface area contributed by atoms with E-state index in [1.807, 2.05) is 32.9 Å². The molecule has 0 bridgehead atoms. The molecule has 0 aromatic heterocycles. The van der Waals surface area contributed by atoms with Gasteiger partial charge in [0.15, 0.2) is 0 Å². The molecule has 1 aliphatic heterocycles. The first-order valence-corrected chi connectivity index (χ1v) is 9.91. The van der Waals surface area contributed by atoms with E-state index >= 15 is 0 Å². The van der Waals surface area contributed by atoms with Crippen molar-refractivity contribution in [2.75, 3.05) is 43.5 Å². The van der Waals surface area contributed by atoms with Crippen LogP contribution in [0.3, 0.4) is 0 Å². The second kappa shape index (κ2) is 8.65. The van der Waals surface area contributed by atoms with Crippen LogP contribution in [-0.2, 0) is 4.79 Å². The molecule has 150 valence electrons. The van der Waals surface area contributed by atoms with Crippen LogP contribution in [-0.4, -0.2) is 50.1 Å². The van der Waals surface area contributed by atoms with E-state index in [0.717, 1.165) is 48.7 Å². The van der Waals surface area contributed by atoms with E-state index in [0.29, 0.717) is 0 Å². The average molecular weight is 382 g/mol. The van der Waals surface area contributed by atoms with Crippen molar-refractivity contribution in [1.29, 1.82) is 0 Å². The minimum Gasteiger partial charge on any atom is -0.497 e. The Morgan fingerprint density at radius 3 is 2.11 bits per heavy atom. The molecule has 3 rings (SSSR count). The second-order valence-electron chi connectivity index (χ2n) is 7.66. The molecule has 1 fully saturated rings. The Labute approximate surface area is 168 Å². The lowest BCUT2D eigenvalue weighted by Crippen LogP contribution is -2.52. The first-order valence-electron chi connectivity index (χ1n) is 9.91. The lowest BCUT2D eigenvalue weighted by molar-refractivity contribution is -0.120. The van der Waals surface area contributed by atoms with Gasteiger partial charge in [0.05, 0.1) is 13.2 Å². The van der Waals surface area contributed by atoms with Crippen LogP contribution >= 0.6 is 0 Å². The Kier molecular flexibility index (Phi) is 6.25. The molecule has 0 unspecified atom stereocenters. The number of piperazine rings is 1. The smallest absolute Gasteiger partial charge is 0.241 e. The summed E-state index contributed by atoms with van der Waals surface area (Å²) in [6.07, 6.45) is 0. The van der Waals surface area contributed by atoms with Crippen LogP contribution in [0.15, 0.2) is 36.4 Å². The maximum Gasteiger partial charge on any atom is 0.241 e. The number of rotatable bonds is 5. The number of benzene rings is 2. The fourth-order valence-electron chi connectivity index (χ4n) is 3.93. The van der Waals surface area contributed by atoms with Crippen molar-refractivity contribution in [2.24, 2.45) is 0 Å². The monoisotopic (exact) mass is 381 g/mol. The van der Waals surface area contributed by atoms with Crippen molar-refractivity contribution in [3.05, 3.63) is 53.1 Å². The summed E-state index contributed by atoms with van der Waals surface area (Å²) in [5, 5.41) is 3.15. The summed E-state index contributed by atoms with van der Waals surface area (Å²) in [6.45, 7) is 11.7. The van der Waals surface area contributed by atoms with E-state index in [-0.39, 0.29) is 11.9 Å². The summed E-state index contributed by atoms with van der Waals surface area (Å²) in [5.41, 5.74) is 5.59.